The second-order valence-corrected chi connectivity index (χ2v) is 8.16. The number of fused-ring (bicyclic) bond motifs is 1. The van der Waals surface area contributed by atoms with Gasteiger partial charge in [-0.3, -0.25) is 19.4 Å². The summed E-state index contributed by atoms with van der Waals surface area (Å²) in [5.74, 6) is -0.306. The fraction of sp³-hybridized carbons (Fsp3) is 0.429. The summed E-state index contributed by atoms with van der Waals surface area (Å²) < 4.78 is 1.79. The number of rotatable bonds is 3. The number of amides is 3. The molecule has 3 amide bonds. The Morgan fingerprint density at radius 3 is 2.21 bits per heavy atom. The second-order valence-electron chi connectivity index (χ2n) is 8.16. The van der Waals surface area contributed by atoms with Gasteiger partial charge in [0.2, 0.25) is 5.91 Å². The first-order valence-corrected chi connectivity index (χ1v) is 9.65. The number of aromatic nitrogens is 2. The minimum atomic E-state index is -0.771. The van der Waals surface area contributed by atoms with Crippen LogP contribution in [0.4, 0.5) is 0 Å². The SMILES string of the molecule is CN(C)C(=O)[C@]12CN(C(=O)c3ccncc3)C[C@H]1CN(C(=O)c1cccn1C)C2. The highest BCUT2D eigenvalue weighted by Crippen LogP contribution is 2.44. The molecule has 0 unspecified atom stereocenters. The zero-order valence-electron chi connectivity index (χ0n) is 16.9. The van der Waals surface area contributed by atoms with E-state index in [4.69, 9.17) is 0 Å². The van der Waals surface area contributed by atoms with Gasteiger partial charge < -0.3 is 19.3 Å². The molecule has 2 aromatic rings. The van der Waals surface area contributed by atoms with Gasteiger partial charge in [0.05, 0.1) is 5.41 Å². The van der Waals surface area contributed by atoms with E-state index in [1.807, 2.05) is 19.3 Å². The van der Waals surface area contributed by atoms with Gasteiger partial charge >= 0.3 is 0 Å². The van der Waals surface area contributed by atoms with Gasteiger partial charge in [-0.2, -0.15) is 0 Å². The zero-order valence-corrected chi connectivity index (χ0v) is 16.9. The number of pyridine rings is 1. The number of carbonyl (C=O) groups is 3. The van der Waals surface area contributed by atoms with Crippen LogP contribution in [-0.2, 0) is 11.8 Å². The van der Waals surface area contributed by atoms with E-state index < -0.39 is 5.41 Å². The smallest absolute Gasteiger partial charge is 0.270 e. The van der Waals surface area contributed by atoms with E-state index >= 15 is 0 Å². The molecule has 2 saturated heterocycles. The van der Waals surface area contributed by atoms with Gasteiger partial charge in [0.25, 0.3) is 11.8 Å². The van der Waals surface area contributed by atoms with Gasteiger partial charge in [0.1, 0.15) is 5.69 Å². The lowest BCUT2D eigenvalue weighted by Crippen LogP contribution is -2.48. The number of likely N-dealkylation sites (tertiary alicyclic amines) is 2. The molecule has 2 aliphatic rings. The summed E-state index contributed by atoms with van der Waals surface area (Å²) in [5.41, 5.74) is 0.388. The maximum Gasteiger partial charge on any atom is 0.270 e. The highest BCUT2D eigenvalue weighted by molar-refractivity contribution is 5.97. The van der Waals surface area contributed by atoms with Crippen LogP contribution in [0.15, 0.2) is 42.9 Å². The zero-order chi connectivity index (χ0) is 20.8. The molecule has 2 fully saturated rings. The monoisotopic (exact) mass is 395 g/mol. The van der Waals surface area contributed by atoms with E-state index in [0.717, 1.165) is 0 Å². The molecule has 0 saturated carbocycles. The van der Waals surface area contributed by atoms with Crippen molar-refractivity contribution in [1.29, 1.82) is 0 Å². The van der Waals surface area contributed by atoms with Crippen molar-refractivity contribution in [2.75, 3.05) is 40.3 Å². The average Bonchev–Trinajstić information content (AvgIpc) is 3.39. The Hall–Kier alpha value is -3.16. The minimum absolute atomic E-state index is 0.0327. The molecular weight excluding hydrogens is 370 g/mol. The number of nitrogens with zero attached hydrogens (tertiary/aromatic N) is 5. The van der Waals surface area contributed by atoms with Gasteiger partial charge in [-0.15, -0.1) is 0 Å². The lowest BCUT2D eigenvalue weighted by molar-refractivity contribution is -0.139. The van der Waals surface area contributed by atoms with Crippen molar-refractivity contribution in [3.05, 3.63) is 54.1 Å². The Morgan fingerprint density at radius 2 is 1.66 bits per heavy atom. The third kappa shape index (κ3) is 3.08. The number of hydrogen-bond acceptors (Lipinski definition) is 4. The van der Waals surface area contributed by atoms with E-state index in [1.165, 1.54) is 0 Å². The molecule has 0 N–H and O–H groups in total. The standard InChI is InChI=1S/C21H25N5O3/c1-23(2)20(29)21-13-25(18(27)15-6-8-22-9-7-15)11-16(21)12-26(14-21)19(28)17-5-4-10-24(17)3/h4-10,16H,11-14H2,1-3H3/t16-,21-/m0/s1. The van der Waals surface area contributed by atoms with Crippen LogP contribution in [0.2, 0.25) is 0 Å². The van der Waals surface area contributed by atoms with Gasteiger partial charge in [0, 0.05) is 77.4 Å². The van der Waals surface area contributed by atoms with E-state index in [1.54, 1.807) is 64.0 Å². The third-order valence-corrected chi connectivity index (χ3v) is 6.11. The molecule has 2 atom stereocenters. The molecule has 2 aromatic heterocycles. The summed E-state index contributed by atoms with van der Waals surface area (Å²) in [5, 5.41) is 0. The highest BCUT2D eigenvalue weighted by atomic mass is 16.2. The Morgan fingerprint density at radius 1 is 1.03 bits per heavy atom. The molecule has 4 rings (SSSR count). The van der Waals surface area contributed by atoms with Gasteiger partial charge in [-0.05, 0) is 24.3 Å². The normalized spacial score (nSPS) is 23.2. The summed E-state index contributed by atoms with van der Waals surface area (Å²) in [7, 11) is 5.28. The van der Waals surface area contributed by atoms with Crippen LogP contribution in [0.3, 0.4) is 0 Å². The van der Waals surface area contributed by atoms with E-state index in [-0.39, 0.29) is 23.6 Å². The Bertz CT molecular complexity index is 954. The van der Waals surface area contributed by atoms with Crippen LogP contribution in [0.1, 0.15) is 20.8 Å². The fourth-order valence-electron chi connectivity index (χ4n) is 4.64. The van der Waals surface area contributed by atoms with Crippen LogP contribution in [0.25, 0.3) is 0 Å². The topological polar surface area (TPSA) is 78.8 Å². The molecule has 0 radical (unpaired) electrons. The molecule has 8 heteroatoms. The van der Waals surface area contributed by atoms with E-state index in [0.29, 0.717) is 37.4 Å². The summed E-state index contributed by atoms with van der Waals surface area (Å²) in [4.78, 5) is 48.2. The lowest BCUT2D eigenvalue weighted by Gasteiger charge is -2.30. The van der Waals surface area contributed by atoms with Crippen molar-refractivity contribution in [3.63, 3.8) is 0 Å². The summed E-state index contributed by atoms with van der Waals surface area (Å²) >= 11 is 0. The molecule has 0 spiro atoms. The van der Waals surface area contributed by atoms with Gasteiger partial charge in [-0.25, -0.2) is 0 Å². The van der Waals surface area contributed by atoms with Crippen molar-refractivity contribution in [2.24, 2.45) is 18.4 Å². The van der Waals surface area contributed by atoms with Crippen molar-refractivity contribution in [1.82, 2.24) is 24.3 Å². The summed E-state index contributed by atoms with van der Waals surface area (Å²) in [6, 6.07) is 6.99. The first-order valence-electron chi connectivity index (χ1n) is 9.65. The molecule has 152 valence electrons. The Labute approximate surface area is 169 Å². The van der Waals surface area contributed by atoms with Crippen LogP contribution >= 0.6 is 0 Å². The lowest BCUT2D eigenvalue weighted by atomic mass is 9.80. The Kier molecular flexibility index (Phi) is 4.64. The molecule has 8 nitrogen and oxygen atoms in total. The summed E-state index contributed by atoms with van der Waals surface area (Å²) in [6.07, 6.45) is 5.01. The first-order chi connectivity index (χ1) is 13.8. The minimum Gasteiger partial charge on any atom is -0.348 e. The number of aryl methyl sites for hydroxylation is 1. The predicted molar refractivity (Wildman–Crippen MR) is 106 cm³/mol. The molecular formula is C21H25N5O3. The molecule has 2 aliphatic heterocycles. The molecule has 0 aromatic carbocycles. The van der Waals surface area contributed by atoms with Crippen molar-refractivity contribution in [2.45, 2.75) is 0 Å². The van der Waals surface area contributed by atoms with Crippen molar-refractivity contribution < 1.29 is 14.4 Å². The van der Waals surface area contributed by atoms with Crippen LogP contribution < -0.4 is 0 Å². The van der Waals surface area contributed by atoms with E-state index in [2.05, 4.69) is 4.98 Å². The van der Waals surface area contributed by atoms with Crippen LogP contribution in [0.5, 0.6) is 0 Å². The quantitative estimate of drug-likeness (QED) is 0.767. The molecule has 0 bridgehead atoms. The van der Waals surface area contributed by atoms with Crippen molar-refractivity contribution >= 4 is 17.7 Å². The van der Waals surface area contributed by atoms with Crippen molar-refractivity contribution in [3.8, 4) is 0 Å². The van der Waals surface area contributed by atoms with E-state index in [9.17, 15) is 14.4 Å². The van der Waals surface area contributed by atoms with Crippen LogP contribution in [-0.4, -0.2) is 82.2 Å². The molecule has 29 heavy (non-hydrogen) atoms. The fourth-order valence-corrected chi connectivity index (χ4v) is 4.64. The van der Waals surface area contributed by atoms with Gasteiger partial charge in [-0.1, -0.05) is 0 Å². The molecule has 4 heterocycles. The number of carbonyl (C=O) groups excluding carboxylic acids is 3. The number of hydrogen-bond donors (Lipinski definition) is 0. The highest BCUT2D eigenvalue weighted by Gasteiger charge is 2.59. The third-order valence-electron chi connectivity index (χ3n) is 6.11. The second kappa shape index (κ2) is 7.02. The first kappa shape index (κ1) is 19.2. The predicted octanol–water partition coefficient (Wildman–Crippen LogP) is 0.723. The Balaban J connectivity index is 1.60. The molecule has 0 aliphatic carbocycles. The largest absolute Gasteiger partial charge is 0.348 e. The summed E-state index contributed by atoms with van der Waals surface area (Å²) in [6.45, 7) is 1.55. The maximum atomic E-state index is 13.2. The maximum absolute atomic E-state index is 13.2. The van der Waals surface area contributed by atoms with Crippen LogP contribution in [0, 0.1) is 11.3 Å². The van der Waals surface area contributed by atoms with Gasteiger partial charge in [0.15, 0.2) is 0 Å². The average molecular weight is 395 g/mol.